The van der Waals surface area contributed by atoms with Crippen LogP contribution in [-0.2, 0) is 16.1 Å². The van der Waals surface area contributed by atoms with E-state index in [0.29, 0.717) is 17.7 Å². The van der Waals surface area contributed by atoms with E-state index in [-0.39, 0.29) is 11.7 Å². The van der Waals surface area contributed by atoms with Crippen LogP contribution in [0.15, 0.2) is 60.0 Å². The van der Waals surface area contributed by atoms with Gasteiger partial charge >= 0.3 is 0 Å². The molecule has 0 spiro atoms. The Balaban J connectivity index is 1.61. The van der Waals surface area contributed by atoms with Crippen LogP contribution in [0.2, 0.25) is 0 Å². The molecule has 0 saturated carbocycles. The third-order valence-corrected chi connectivity index (χ3v) is 5.15. The molecule has 0 aliphatic carbocycles. The van der Waals surface area contributed by atoms with Crippen LogP contribution < -0.4 is 5.32 Å². The number of methoxy groups -OCH3 is 1. The van der Waals surface area contributed by atoms with Crippen LogP contribution in [0, 0.1) is 0 Å². The second-order valence-electron chi connectivity index (χ2n) is 6.70. The first-order chi connectivity index (χ1) is 13.6. The van der Waals surface area contributed by atoms with Crippen molar-refractivity contribution in [2.24, 2.45) is 0 Å². The van der Waals surface area contributed by atoms with Crippen LogP contribution in [0.4, 0.5) is 5.69 Å². The molecule has 1 N–H and O–H groups in total. The Morgan fingerprint density at radius 1 is 1.21 bits per heavy atom. The molecule has 2 aromatic carbocycles. The summed E-state index contributed by atoms with van der Waals surface area (Å²) < 4.78 is 7.02. The third kappa shape index (κ3) is 5.21. The molecule has 0 bridgehead atoms. The zero-order valence-electron chi connectivity index (χ0n) is 16.3. The first-order valence-corrected chi connectivity index (χ1v) is 10.1. The number of carbonyl (C=O) groups excluding carboxylic acids is 1. The Morgan fingerprint density at radius 2 is 2.00 bits per heavy atom. The summed E-state index contributed by atoms with van der Waals surface area (Å²) in [6, 6.07) is 15.9. The van der Waals surface area contributed by atoms with Crippen LogP contribution in [0.3, 0.4) is 0 Å². The number of nitrogens with zero attached hydrogens (tertiary/aromatic N) is 3. The van der Waals surface area contributed by atoms with E-state index < -0.39 is 0 Å². The number of thioether (sulfide) groups is 1. The highest BCUT2D eigenvalue weighted by atomic mass is 32.2. The van der Waals surface area contributed by atoms with Crippen LogP contribution >= 0.6 is 11.8 Å². The second kappa shape index (κ2) is 9.52. The third-order valence-electron chi connectivity index (χ3n) is 4.21. The zero-order valence-corrected chi connectivity index (χ0v) is 17.1. The van der Waals surface area contributed by atoms with Crippen molar-refractivity contribution in [1.29, 1.82) is 0 Å². The fourth-order valence-corrected chi connectivity index (χ4v) is 3.48. The Hall–Kier alpha value is -2.64. The Kier molecular flexibility index (Phi) is 6.84. The Labute approximate surface area is 169 Å². The van der Waals surface area contributed by atoms with Gasteiger partial charge in [-0.2, -0.15) is 0 Å². The number of carbonyl (C=O) groups is 1. The number of hydrogen-bond donors (Lipinski definition) is 1. The normalized spacial score (nSPS) is 11.0. The molecule has 0 radical (unpaired) electrons. The molecule has 28 heavy (non-hydrogen) atoms. The van der Waals surface area contributed by atoms with Gasteiger partial charge in [-0.15, -0.1) is 10.2 Å². The predicted octanol–water partition coefficient (Wildman–Crippen LogP) is 4.27. The molecule has 146 valence electrons. The topological polar surface area (TPSA) is 69.0 Å². The molecule has 1 heterocycles. The van der Waals surface area contributed by atoms with E-state index in [0.717, 1.165) is 16.9 Å². The van der Waals surface area contributed by atoms with Crippen molar-refractivity contribution in [3.63, 3.8) is 0 Å². The second-order valence-corrected chi connectivity index (χ2v) is 7.64. The van der Waals surface area contributed by atoms with Gasteiger partial charge in [-0.25, -0.2) is 0 Å². The van der Waals surface area contributed by atoms with Crippen molar-refractivity contribution in [2.75, 3.05) is 18.2 Å². The Morgan fingerprint density at radius 3 is 2.71 bits per heavy atom. The maximum atomic E-state index is 12.3. The molecular weight excluding hydrogens is 372 g/mol. The summed E-state index contributed by atoms with van der Waals surface area (Å²) in [4.78, 5) is 12.3. The van der Waals surface area contributed by atoms with Gasteiger partial charge < -0.3 is 10.1 Å². The average Bonchev–Trinajstić information content (AvgIpc) is 3.15. The standard InChI is InChI=1S/C21H24N4O2S/c1-15(2)17-7-9-19(10-8-17)25-14-22-24-21(25)28-13-20(26)23-18-6-4-5-16(11-18)12-27-3/h4-11,14-15H,12-13H2,1-3H3,(H,23,26). The minimum absolute atomic E-state index is 0.0933. The van der Waals surface area contributed by atoms with Crippen molar-refractivity contribution in [1.82, 2.24) is 14.8 Å². The van der Waals surface area contributed by atoms with E-state index in [9.17, 15) is 4.79 Å². The summed E-state index contributed by atoms with van der Waals surface area (Å²) in [7, 11) is 1.65. The largest absolute Gasteiger partial charge is 0.380 e. The lowest BCUT2D eigenvalue weighted by molar-refractivity contribution is -0.113. The summed E-state index contributed by atoms with van der Waals surface area (Å²) in [6.45, 7) is 4.84. The van der Waals surface area contributed by atoms with Crippen molar-refractivity contribution in [3.05, 3.63) is 66.0 Å². The van der Waals surface area contributed by atoms with Crippen LogP contribution in [0.5, 0.6) is 0 Å². The maximum absolute atomic E-state index is 12.3. The minimum Gasteiger partial charge on any atom is -0.380 e. The molecule has 0 unspecified atom stereocenters. The summed E-state index contributed by atoms with van der Waals surface area (Å²) >= 11 is 1.35. The van der Waals surface area contributed by atoms with E-state index in [4.69, 9.17) is 4.74 Å². The van der Waals surface area contributed by atoms with Gasteiger partial charge in [0.15, 0.2) is 5.16 Å². The molecular formula is C21H24N4O2S. The zero-order chi connectivity index (χ0) is 19.9. The smallest absolute Gasteiger partial charge is 0.234 e. The average molecular weight is 397 g/mol. The molecule has 0 saturated heterocycles. The highest BCUT2D eigenvalue weighted by molar-refractivity contribution is 7.99. The molecule has 0 aliphatic heterocycles. The molecule has 1 aromatic heterocycles. The summed E-state index contributed by atoms with van der Waals surface area (Å²) in [6.07, 6.45) is 1.67. The summed E-state index contributed by atoms with van der Waals surface area (Å²) in [5.41, 5.74) is 4.02. The monoisotopic (exact) mass is 396 g/mol. The lowest BCUT2D eigenvalue weighted by Gasteiger charge is -2.10. The Bertz CT molecular complexity index is 922. The van der Waals surface area contributed by atoms with Crippen LogP contribution in [-0.4, -0.2) is 33.5 Å². The minimum atomic E-state index is -0.0933. The predicted molar refractivity (Wildman–Crippen MR) is 112 cm³/mol. The van der Waals surface area contributed by atoms with Gasteiger partial charge in [0.25, 0.3) is 0 Å². The fourth-order valence-electron chi connectivity index (χ4n) is 2.75. The van der Waals surface area contributed by atoms with Gasteiger partial charge in [0.1, 0.15) is 6.33 Å². The van der Waals surface area contributed by atoms with E-state index >= 15 is 0 Å². The molecule has 6 nitrogen and oxygen atoms in total. The van der Waals surface area contributed by atoms with Crippen molar-refractivity contribution in [3.8, 4) is 5.69 Å². The lowest BCUT2D eigenvalue weighted by atomic mass is 10.0. The maximum Gasteiger partial charge on any atom is 0.234 e. The number of anilines is 1. The number of nitrogens with one attached hydrogen (secondary N) is 1. The molecule has 0 aliphatic rings. The number of hydrogen-bond acceptors (Lipinski definition) is 5. The van der Waals surface area contributed by atoms with Crippen molar-refractivity contribution >= 4 is 23.4 Å². The molecule has 0 atom stereocenters. The highest BCUT2D eigenvalue weighted by Gasteiger charge is 2.11. The first-order valence-electron chi connectivity index (χ1n) is 9.07. The number of rotatable bonds is 8. The molecule has 1 amide bonds. The van der Waals surface area contributed by atoms with E-state index in [1.54, 1.807) is 13.4 Å². The molecule has 3 aromatic rings. The highest BCUT2D eigenvalue weighted by Crippen LogP contribution is 2.22. The molecule has 0 fully saturated rings. The number of amides is 1. The number of ether oxygens (including phenoxy) is 1. The van der Waals surface area contributed by atoms with Gasteiger partial charge in [0.2, 0.25) is 5.91 Å². The van der Waals surface area contributed by atoms with E-state index in [2.05, 4.69) is 41.5 Å². The van der Waals surface area contributed by atoms with E-state index in [1.165, 1.54) is 17.3 Å². The lowest BCUT2D eigenvalue weighted by Crippen LogP contribution is -2.14. The molecule has 3 rings (SSSR count). The van der Waals surface area contributed by atoms with Crippen molar-refractivity contribution < 1.29 is 9.53 Å². The van der Waals surface area contributed by atoms with Gasteiger partial charge in [-0.3, -0.25) is 9.36 Å². The van der Waals surface area contributed by atoms with Crippen LogP contribution in [0.1, 0.15) is 30.9 Å². The van der Waals surface area contributed by atoms with Gasteiger partial charge in [0.05, 0.1) is 12.4 Å². The van der Waals surface area contributed by atoms with Crippen molar-refractivity contribution in [2.45, 2.75) is 31.5 Å². The van der Waals surface area contributed by atoms with Gasteiger partial charge in [0, 0.05) is 18.5 Å². The molecule has 7 heteroatoms. The van der Waals surface area contributed by atoms with E-state index in [1.807, 2.05) is 41.0 Å². The quantitative estimate of drug-likeness (QED) is 0.576. The first kappa shape index (κ1) is 20.1. The summed E-state index contributed by atoms with van der Waals surface area (Å²) in [5, 5.41) is 11.7. The van der Waals surface area contributed by atoms with Gasteiger partial charge in [-0.1, -0.05) is 49.9 Å². The van der Waals surface area contributed by atoms with Gasteiger partial charge in [-0.05, 0) is 41.3 Å². The van der Waals surface area contributed by atoms with Crippen LogP contribution in [0.25, 0.3) is 5.69 Å². The fraction of sp³-hybridized carbons (Fsp3) is 0.286. The number of aromatic nitrogens is 3. The SMILES string of the molecule is COCc1cccc(NC(=O)CSc2nncn2-c2ccc(C(C)C)cc2)c1. The summed E-state index contributed by atoms with van der Waals surface area (Å²) in [5.74, 6) is 0.635. The number of benzene rings is 2.